The summed E-state index contributed by atoms with van der Waals surface area (Å²) in [5.74, 6) is 0.387. The highest BCUT2D eigenvalue weighted by molar-refractivity contribution is 8.14. The van der Waals surface area contributed by atoms with Gasteiger partial charge in [-0.05, 0) is 42.9 Å². The van der Waals surface area contributed by atoms with E-state index in [4.69, 9.17) is 17.3 Å². The topological polar surface area (TPSA) is 40.1 Å². The SMILES string of the molecule is CCCCCCN(/N=C1/SCCN1C(=S)Nc1cccc(OC(F)(F)C(F)F)c1)c1ccccc1. The zero-order chi connectivity index (χ0) is 25.3. The van der Waals surface area contributed by atoms with E-state index in [9.17, 15) is 17.6 Å². The van der Waals surface area contributed by atoms with Gasteiger partial charge in [0.25, 0.3) is 0 Å². The second-order valence-electron chi connectivity index (χ2n) is 7.82. The second-order valence-corrected chi connectivity index (χ2v) is 9.27. The average Bonchev–Trinajstić information content (AvgIpc) is 3.30. The Kier molecular flexibility index (Phi) is 10.0. The third kappa shape index (κ3) is 7.99. The van der Waals surface area contributed by atoms with E-state index >= 15 is 0 Å². The van der Waals surface area contributed by atoms with Crippen LogP contribution in [0.3, 0.4) is 0 Å². The summed E-state index contributed by atoms with van der Waals surface area (Å²) in [4.78, 5) is 1.84. The van der Waals surface area contributed by atoms with Gasteiger partial charge in [-0.15, -0.1) is 5.10 Å². The first-order valence-corrected chi connectivity index (χ1v) is 12.8. The number of alkyl halides is 4. The Balaban J connectivity index is 1.72. The molecule has 1 fully saturated rings. The van der Waals surface area contributed by atoms with Gasteiger partial charge < -0.3 is 10.1 Å². The van der Waals surface area contributed by atoms with Crippen LogP contribution >= 0.6 is 24.0 Å². The molecule has 3 rings (SSSR count). The molecule has 0 aliphatic carbocycles. The van der Waals surface area contributed by atoms with Crippen LogP contribution in [0.2, 0.25) is 0 Å². The number of hydrazone groups is 1. The van der Waals surface area contributed by atoms with Gasteiger partial charge in [-0.3, -0.25) is 9.91 Å². The lowest BCUT2D eigenvalue weighted by Crippen LogP contribution is -2.37. The maximum Gasteiger partial charge on any atom is 0.461 e. The number of unbranched alkanes of at least 4 members (excludes halogenated alkanes) is 3. The normalized spacial score (nSPS) is 15.0. The van der Waals surface area contributed by atoms with Crippen molar-refractivity contribution in [2.45, 2.75) is 45.1 Å². The summed E-state index contributed by atoms with van der Waals surface area (Å²) in [5, 5.41) is 10.9. The quantitative estimate of drug-likeness (QED) is 0.146. The molecule has 1 aliphatic rings. The summed E-state index contributed by atoms with van der Waals surface area (Å²) in [5.41, 5.74) is 1.32. The Morgan fingerprint density at radius 3 is 2.66 bits per heavy atom. The predicted molar refractivity (Wildman–Crippen MR) is 139 cm³/mol. The van der Waals surface area contributed by atoms with Crippen LogP contribution in [0.4, 0.5) is 28.9 Å². The molecule has 0 unspecified atom stereocenters. The molecule has 0 spiro atoms. The molecule has 1 saturated heterocycles. The van der Waals surface area contributed by atoms with E-state index in [-0.39, 0.29) is 0 Å². The molecule has 0 aromatic heterocycles. The number of nitrogens with zero attached hydrogens (tertiary/aromatic N) is 3. The first kappa shape index (κ1) is 27.1. The number of halogens is 4. The average molecular weight is 529 g/mol. The maximum absolute atomic E-state index is 13.3. The molecule has 2 aromatic carbocycles. The molecule has 1 N–H and O–H groups in total. The predicted octanol–water partition coefficient (Wildman–Crippen LogP) is 7.03. The maximum atomic E-state index is 13.3. The number of thiocarbonyl (C=S) groups is 1. The van der Waals surface area contributed by atoms with Crippen LogP contribution in [0.25, 0.3) is 0 Å². The zero-order valence-electron chi connectivity index (χ0n) is 19.3. The highest BCUT2D eigenvalue weighted by atomic mass is 32.2. The smallest absolute Gasteiger partial charge is 0.428 e. The third-order valence-electron chi connectivity index (χ3n) is 5.10. The van der Waals surface area contributed by atoms with Crippen molar-refractivity contribution in [1.29, 1.82) is 0 Å². The van der Waals surface area contributed by atoms with Gasteiger partial charge in [0.15, 0.2) is 10.3 Å². The number of amidine groups is 1. The minimum atomic E-state index is -4.58. The van der Waals surface area contributed by atoms with Gasteiger partial charge in [0.1, 0.15) is 5.75 Å². The third-order valence-corrected chi connectivity index (χ3v) is 6.37. The van der Waals surface area contributed by atoms with E-state index in [0.29, 0.717) is 17.3 Å². The summed E-state index contributed by atoms with van der Waals surface area (Å²) in [6.45, 7) is 3.55. The molecule has 0 atom stereocenters. The fraction of sp³-hybridized carbons (Fsp3) is 0.417. The number of benzene rings is 2. The number of anilines is 2. The molecule has 0 amide bonds. The van der Waals surface area contributed by atoms with Crippen LogP contribution in [0.1, 0.15) is 32.6 Å². The molecule has 0 bridgehead atoms. The summed E-state index contributed by atoms with van der Waals surface area (Å²) in [6, 6.07) is 15.3. The fourth-order valence-electron chi connectivity index (χ4n) is 3.33. The first-order chi connectivity index (χ1) is 16.8. The highest BCUT2D eigenvalue weighted by Gasteiger charge is 2.44. The Morgan fingerprint density at radius 1 is 1.17 bits per heavy atom. The number of thioether (sulfide) groups is 1. The summed E-state index contributed by atoms with van der Waals surface area (Å²) in [6.07, 6.45) is -4.08. The van der Waals surface area contributed by atoms with Crippen molar-refractivity contribution in [2.75, 3.05) is 29.2 Å². The Morgan fingerprint density at radius 2 is 1.94 bits per heavy atom. The van der Waals surface area contributed by atoms with Crippen molar-refractivity contribution >= 4 is 45.6 Å². The van der Waals surface area contributed by atoms with E-state index < -0.39 is 18.3 Å². The van der Waals surface area contributed by atoms with Crippen molar-refractivity contribution in [2.24, 2.45) is 5.10 Å². The largest absolute Gasteiger partial charge is 0.461 e. The Bertz CT molecular complexity index is 994. The number of ether oxygens (including phenoxy) is 1. The minimum absolute atomic E-state index is 0.325. The number of rotatable bonds is 11. The molecule has 1 heterocycles. The zero-order valence-corrected chi connectivity index (χ0v) is 20.9. The first-order valence-electron chi connectivity index (χ1n) is 11.4. The fourth-order valence-corrected chi connectivity index (χ4v) is 4.64. The number of nitrogens with one attached hydrogen (secondary N) is 1. The molecule has 35 heavy (non-hydrogen) atoms. The van der Waals surface area contributed by atoms with Crippen LogP contribution < -0.4 is 15.1 Å². The lowest BCUT2D eigenvalue weighted by atomic mass is 10.2. The van der Waals surface area contributed by atoms with E-state index in [1.165, 1.54) is 24.6 Å². The molecule has 190 valence electrons. The van der Waals surface area contributed by atoms with Crippen molar-refractivity contribution < 1.29 is 22.3 Å². The van der Waals surface area contributed by atoms with Crippen LogP contribution in [0.15, 0.2) is 59.7 Å². The van der Waals surface area contributed by atoms with Gasteiger partial charge in [0.05, 0.1) is 5.69 Å². The van der Waals surface area contributed by atoms with Crippen molar-refractivity contribution in [3.05, 3.63) is 54.6 Å². The molecule has 1 aliphatic heterocycles. The van der Waals surface area contributed by atoms with Crippen LogP contribution in [-0.2, 0) is 0 Å². The van der Waals surface area contributed by atoms with Crippen LogP contribution in [-0.4, -0.2) is 46.6 Å². The molecule has 0 radical (unpaired) electrons. The van der Waals surface area contributed by atoms with Gasteiger partial charge in [-0.1, -0.05) is 62.2 Å². The standard InChI is InChI=1S/C24H28F4N4OS2/c1-2-3-4-8-14-32(19-11-6-5-7-12-19)30-23-31(15-16-35-23)22(34)29-18-10-9-13-20(17-18)33-24(27,28)21(25)26/h5-7,9-13,17,21H,2-4,8,14-16H2,1H3,(H,29,34)/b30-23+. The molecular weight excluding hydrogens is 500 g/mol. The van der Waals surface area contributed by atoms with Gasteiger partial charge >= 0.3 is 12.5 Å². The Hall–Kier alpha value is -2.53. The number of hydrogen-bond donors (Lipinski definition) is 1. The van der Waals surface area contributed by atoms with E-state index in [1.807, 2.05) is 40.2 Å². The van der Waals surface area contributed by atoms with Gasteiger partial charge in [0.2, 0.25) is 0 Å². The lowest BCUT2D eigenvalue weighted by Gasteiger charge is -2.24. The van der Waals surface area contributed by atoms with Crippen molar-refractivity contribution in [3.8, 4) is 5.75 Å². The van der Waals surface area contributed by atoms with E-state index in [2.05, 4.69) is 17.0 Å². The van der Waals surface area contributed by atoms with Crippen LogP contribution in [0, 0.1) is 0 Å². The number of para-hydroxylation sites is 1. The lowest BCUT2D eigenvalue weighted by molar-refractivity contribution is -0.253. The van der Waals surface area contributed by atoms with Gasteiger partial charge in [0, 0.05) is 30.6 Å². The van der Waals surface area contributed by atoms with E-state index in [1.54, 1.807) is 17.8 Å². The summed E-state index contributed by atoms with van der Waals surface area (Å²) >= 11 is 7.12. The summed E-state index contributed by atoms with van der Waals surface area (Å²) in [7, 11) is 0. The molecule has 0 saturated carbocycles. The molecule has 2 aromatic rings. The molecule has 11 heteroatoms. The highest BCUT2D eigenvalue weighted by Crippen LogP contribution is 2.29. The second kappa shape index (κ2) is 13.0. The van der Waals surface area contributed by atoms with E-state index in [0.717, 1.165) is 42.4 Å². The molecular formula is C24H28F4N4OS2. The van der Waals surface area contributed by atoms with Crippen LogP contribution in [0.5, 0.6) is 5.75 Å². The summed E-state index contributed by atoms with van der Waals surface area (Å²) < 4.78 is 55.6. The van der Waals surface area contributed by atoms with Gasteiger partial charge in [-0.2, -0.15) is 17.6 Å². The minimum Gasteiger partial charge on any atom is -0.428 e. The number of hydrogen-bond acceptors (Lipinski definition) is 5. The Labute approximate surface area is 212 Å². The monoisotopic (exact) mass is 528 g/mol. The van der Waals surface area contributed by atoms with Crippen molar-refractivity contribution in [1.82, 2.24) is 4.90 Å². The molecule has 5 nitrogen and oxygen atoms in total. The van der Waals surface area contributed by atoms with Gasteiger partial charge in [-0.25, -0.2) is 0 Å². The van der Waals surface area contributed by atoms with Crippen molar-refractivity contribution in [3.63, 3.8) is 0 Å².